The van der Waals surface area contributed by atoms with E-state index in [1.54, 1.807) is 11.3 Å². The molecule has 1 aliphatic heterocycles. The predicted octanol–water partition coefficient (Wildman–Crippen LogP) is 4.83. The number of amides is 1. The zero-order chi connectivity index (χ0) is 18.1. The Labute approximate surface area is 161 Å². The number of hydrogen-bond donors (Lipinski definition) is 1. The Bertz CT molecular complexity index is 950. The maximum Gasteiger partial charge on any atom is 0.252 e. The van der Waals surface area contributed by atoms with E-state index in [0.717, 1.165) is 46.5 Å². The Morgan fingerprint density at radius 2 is 2.31 bits per heavy atom. The van der Waals surface area contributed by atoms with Crippen molar-refractivity contribution in [3.63, 3.8) is 0 Å². The first-order valence-electron chi connectivity index (χ1n) is 8.67. The van der Waals surface area contributed by atoms with Gasteiger partial charge in [-0.25, -0.2) is 4.98 Å². The number of ether oxygens (including phenoxy) is 1. The van der Waals surface area contributed by atoms with E-state index in [2.05, 4.69) is 5.32 Å². The average molecular weight is 387 g/mol. The normalized spacial score (nSPS) is 16.9. The van der Waals surface area contributed by atoms with Gasteiger partial charge in [-0.15, -0.1) is 11.3 Å². The number of pyridine rings is 1. The molecule has 1 unspecified atom stereocenters. The lowest BCUT2D eigenvalue weighted by Crippen LogP contribution is -2.32. The number of hydrogen-bond acceptors (Lipinski definition) is 4. The standard InChI is InChI=1S/C20H19ClN2O2S/c1-12-16(21)7-6-14-15(20(24)22-11-13-4-2-8-25-13)10-17(23-19(12)14)18-5-3-9-26-18/h3,5-7,9-10,13H,2,4,8,11H2,1H3,(H,22,24). The molecule has 0 radical (unpaired) electrons. The first kappa shape index (κ1) is 17.5. The molecule has 0 aliphatic carbocycles. The Balaban J connectivity index is 1.76. The fourth-order valence-electron chi connectivity index (χ4n) is 3.25. The van der Waals surface area contributed by atoms with Crippen molar-refractivity contribution < 1.29 is 9.53 Å². The van der Waals surface area contributed by atoms with Crippen molar-refractivity contribution in [2.45, 2.75) is 25.9 Å². The molecule has 4 rings (SSSR count). The molecule has 1 fully saturated rings. The van der Waals surface area contributed by atoms with E-state index in [0.29, 0.717) is 17.1 Å². The lowest BCUT2D eigenvalue weighted by molar-refractivity contribution is 0.0859. The maximum absolute atomic E-state index is 12.9. The van der Waals surface area contributed by atoms with Gasteiger partial charge in [-0.3, -0.25) is 4.79 Å². The summed E-state index contributed by atoms with van der Waals surface area (Å²) in [5.74, 6) is -0.104. The molecule has 26 heavy (non-hydrogen) atoms. The van der Waals surface area contributed by atoms with Gasteiger partial charge in [0.1, 0.15) is 0 Å². The number of nitrogens with one attached hydrogen (secondary N) is 1. The molecule has 1 atom stereocenters. The van der Waals surface area contributed by atoms with Crippen LogP contribution in [0.5, 0.6) is 0 Å². The van der Waals surface area contributed by atoms with Gasteiger partial charge in [0.25, 0.3) is 5.91 Å². The number of aryl methyl sites for hydroxylation is 1. The van der Waals surface area contributed by atoms with Crippen LogP contribution in [-0.2, 0) is 4.74 Å². The molecule has 0 spiro atoms. The number of aromatic nitrogens is 1. The topological polar surface area (TPSA) is 51.2 Å². The second-order valence-electron chi connectivity index (χ2n) is 6.45. The summed E-state index contributed by atoms with van der Waals surface area (Å²) in [5.41, 5.74) is 3.07. The molecule has 4 nitrogen and oxygen atoms in total. The highest BCUT2D eigenvalue weighted by molar-refractivity contribution is 7.13. The summed E-state index contributed by atoms with van der Waals surface area (Å²) in [6, 6.07) is 9.55. The molecule has 1 amide bonds. The summed E-state index contributed by atoms with van der Waals surface area (Å²) < 4.78 is 5.60. The SMILES string of the molecule is Cc1c(Cl)ccc2c(C(=O)NCC3CCCO3)cc(-c3cccs3)nc12. The second-order valence-corrected chi connectivity index (χ2v) is 7.80. The van der Waals surface area contributed by atoms with Crippen molar-refractivity contribution in [2.75, 3.05) is 13.2 Å². The molecular formula is C20H19ClN2O2S. The summed E-state index contributed by atoms with van der Waals surface area (Å²) in [6.45, 7) is 3.24. The molecular weight excluding hydrogens is 368 g/mol. The van der Waals surface area contributed by atoms with Crippen LogP contribution in [0.3, 0.4) is 0 Å². The largest absolute Gasteiger partial charge is 0.376 e. The number of carbonyl (C=O) groups is 1. The molecule has 2 aromatic heterocycles. The van der Waals surface area contributed by atoms with Crippen LogP contribution in [0, 0.1) is 6.92 Å². The van der Waals surface area contributed by atoms with E-state index in [4.69, 9.17) is 21.3 Å². The van der Waals surface area contributed by atoms with E-state index < -0.39 is 0 Å². The molecule has 1 saturated heterocycles. The number of thiophene rings is 1. The zero-order valence-corrected chi connectivity index (χ0v) is 16.0. The third-order valence-electron chi connectivity index (χ3n) is 4.70. The number of halogens is 1. The van der Waals surface area contributed by atoms with Crippen LogP contribution in [0.1, 0.15) is 28.8 Å². The highest BCUT2D eigenvalue weighted by Gasteiger charge is 2.20. The van der Waals surface area contributed by atoms with Gasteiger partial charge in [0.15, 0.2) is 0 Å². The van der Waals surface area contributed by atoms with Crippen molar-refractivity contribution >= 4 is 39.7 Å². The van der Waals surface area contributed by atoms with Gasteiger partial charge in [-0.2, -0.15) is 0 Å². The molecule has 1 aliphatic rings. The van der Waals surface area contributed by atoms with Crippen LogP contribution in [-0.4, -0.2) is 30.1 Å². The number of benzene rings is 1. The average Bonchev–Trinajstić information content (AvgIpc) is 3.36. The van der Waals surface area contributed by atoms with Gasteiger partial charge < -0.3 is 10.1 Å². The van der Waals surface area contributed by atoms with Crippen molar-refractivity contribution in [2.24, 2.45) is 0 Å². The Morgan fingerprint density at radius 1 is 1.42 bits per heavy atom. The van der Waals surface area contributed by atoms with Crippen LogP contribution in [0.4, 0.5) is 0 Å². The molecule has 3 heterocycles. The van der Waals surface area contributed by atoms with Gasteiger partial charge in [0.05, 0.1) is 27.8 Å². The quantitative estimate of drug-likeness (QED) is 0.698. The Hall–Kier alpha value is -1.95. The molecule has 3 aromatic rings. The number of fused-ring (bicyclic) bond motifs is 1. The molecule has 6 heteroatoms. The van der Waals surface area contributed by atoms with E-state index in [-0.39, 0.29) is 12.0 Å². The monoisotopic (exact) mass is 386 g/mol. The van der Waals surface area contributed by atoms with Crippen LogP contribution in [0.25, 0.3) is 21.5 Å². The number of carbonyl (C=O) groups excluding carboxylic acids is 1. The fraction of sp³-hybridized carbons (Fsp3) is 0.300. The lowest BCUT2D eigenvalue weighted by atomic mass is 10.0. The maximum atomic E-state index is 12.9. The summed E-state index contributed by atoms with van der Waals surface area (Å²) in [4.78, 5) is 18.7. The zero-order valence-electron chi connectivity index (χ0n) is 14.4. The van der Waals surface area contributed by atoms with Gasteiger partial charge in [-0.05, 0) is 48.9 Å². The smallest absolute Gasteiger partial charge is 0.252 e. The first-order chi connectivity index (χ1) is 12.6. The number of nitrogens with zero attached hydrogens (tertiary/aromatic N) is 1. The van der Waals surface area contributed by atoms with Crippen molar-refractivity contribution in [3.8, 4) is 10.6 Å². The van der Waals surface area contributed by atoms with E-state index in [9.17, 15) is 4.79 Å². The Kier molecular flexibility index (Phi) is 4.94. The first-order valence-corrected chi connectivity index (χ1v) is 9.93. The molecule has 1 N–H and O–H groups in total. The number of rotatable bonds is 4. The lowest BCUT2D eigenvalue weighted by Gasteiger charge is -2.14. The van der Waals surface area contributed by atoms with Crippen molar-refractivity contribution in [3.05, 3.63) is 51.9 Å². The highest BCUT2D eigenvalue weighted by atomic mass is 35.5. The van der Waals surface area contributed by atoms with E-state index in [1.807, 2.05) is 42.6 Å². The Morgan fingerprint density at radius 3 is 3.04 bits per heavy atom. The van der Waals surface area contributed by atoms with Gasteiger partial charge in [0.2, 0.25) is 0 Å². The predicted molar refractivity (Wildman–Crippen MR) is 106 cm³/mol. The van der Waals surface area contributed by atoms with Crippen LogP contribution >= 0.6 is 22.9 Å². The van der Waals surface area contributed by atoms with Crippen LogP contribution in [0.15, 0.2) is 35.7 Å². The van der Waals surface area contributed by atoms with Gasteiger partial charge >= 0.3 is 0 Å². The minimum atomic E-state index is -0.104. The molecule has 0 saturated carbocycles. The molecule has 0 bridgehead atoms. The van der Waals surface area contributed by atoms with Gasteiger partial charge in [0, 0.05) is 23.6 Å². The van der Waals surface area contributed by atoms with Gasteiger partial charge in [-0.1, -0.05) is 23.7 Å². The summed E-state index contributed by atoms with van der Waals surface area (Å²) in [7, 11) is 0. The second kappa shape index (κ2) is 7.35. The summed E-state index contributed by atoms with van der Waals surface area (Å²) in [6.07, 6.45) is 2.16. The molecule has 1 aromatic carbocycles. The third kappa shape index (κ3) is 3.34. The summed E-state index contributed by atoms with van der Waals surface area (Å²) >= 11 is 7.89. The summed E-state index contributed by atoms with van der Waals surface area (Å²) in [5, 5.41) is 6.49. The third-order valence-corrected chi connectivity index (χ3v) is 6.00. The van der Waals surface area contributed by atoms with Crippen molar-refractivity contribution in [1.82, 2.24) is 10.3 Å². The van der Waals surface area contributed by atoms with Crippen molar-refractivity contribution in [1.29, 1.82) is 0 Å². The van der Waals surface area contributed by atoms with Crippen LogP contribution < -0.4 is 5.32 Å². The fourth-order valence-corrected chi connectivity index (χ4v) is 4.09. The van der Waals surface area contributed by atoms with Crippen LogP contribution in [0.2, 0.25) is 5.02 Å². The minimum Gasteiger partial charge on any atom is -0.376 e. The highest BCUT2D eigenvalue weighted by Crippen LogP contribution is 2.31. The van der Waals surface area contributed by atoms with E-state index in [1.165, 1.54) is 0 Å². The minimum absolute atomic E-state index is 0.104. The molecule has 134 valence electrons. The van der Waals surface area contributed by atoms with E-state index >= 15 is 0 Å².